The Kier molecular flexibility index (Phi) is 4.29. The molecule has 0 saturated carbocycles. The summed E-state index contributed by atoms with van der Waals surface area (Å²) in [7, 11) is 0. The van der Waals surface area contributed by atoms with Gasteiger partial charge in [0.05, 0.1) is 6.54 Å². The zero-order valence-electron chi connectivity index (χ0n) is 9.57. The molecule has 0 aliphatic rings. The van der Waals surface area contributed by atoms with E-state index in [-0.39, 0.29) is 13.2 Å². The number of carbonyl (C=O) groups excluding carboxylic acids is 1. The molecule has 6 nitrogen and oxygen atoms in total. The van der Waals surface area contributed by atoms with Crippen LogP contribution in [0.1, 0.15) is 12.5 Å². The number of aryl methyl sites for hydroxylation is 1. The summed E-state index contributed by atoms with van der Waals surface area (Å²) in [6, 6.07) is 0. The predicted octanol–water partition coefficient (Wildman–Crippen LogP) is -0.588. The second-order valence-corrected chi connectivity index (χ2v) is 3.33. The van der Waals surface area contributed by atoms with Crippen molar-refractivity contribution in [1.29, 1.82) is 0 Å². The molecule has 1 aromatic heterocycles. The van der Waals surface area contributed by atoms with Crippen LogP contribution in [0.2, 0.25) is 0 Å². The van der Waals surface area contributed by atoms with Gasteiger partial charge in [-0.1, -0.05) is 11.8 Å². The van der Waals surface area contributed by atoms with Gasteiger partial charge in [0, 0.05) is 18.7 Å². The molecule has 17 heavy (non-hydrogen) atoms. The van der Waals surface area contributed by atoms with Crippen LogP contribution in [-0.4, -0.2) is 22.1 Å². The first-order valence-electron chi connectivity index (χ1n) is 4.90. The van der Waals surface area contributed by atoms with Crippen molar-refractivity contribution in [1.82, 2.24) is 9.55 Å². The largest absolute Gasteiger partial charge is 0.453 e. The summed E-state index contributed by atoms with van der Waals surface area (Å²) in [5.74, 6) is 4.83. The summed E-state index contributed by atoms with van der Waals surface area (Å²) >= 11 is 0. The minimum atomic E-state index is -0.512. The Labute approximate surface area is 97.2 Å². The SMILES string of the molecule is CC(=O)OCC#CCn1cc(C)c(=O)[nH]c1=O. The highest BCUT2D eigenvalue weighted by molar-refractivity contribution is 5.66. The molecule has 0 bridgehead atoms. The number of H-pyrrole nitrogens is 1. The molecule has 0 fully saturated rings. The molecule has 0 aromatic carbocycles. The zero-order valence-corrected chi connectivity index (χ0v) is 9.57. The molecule has 0 amide bonds. The Morgan fingerprint density at radius 3 is 2.82 bits per heavy atom. The maximum absolute atomic E-state index is 11.3. The van der Waals surface area contributed by atoms with Crippen LogP contribution < -0.4 is 11.2 Å². The molecule has 6 heteroatoms. The van der Waals surface area contributed by atoms with Crippen molar-refractivity contribution >= 4 is 5.97 Å². The van der Waals surface area contributed by atoms with Gasteiger partial charge in [0.25, 0.3) is 5.56 Å². The average molecular weight is 236 g/mol. The third-order valence-electron chi connectivity index (χ3n) is 1.91. The van der Waals surface area contributed by atoms with E-state index in [0.29, 0.717) is 5.56 Å². The van der Waals surface area contributed by atoms with Crippen molar-refractivity contribution in [2.75, 3.05) is 6.61 Å². The second-order valence-electron chi connectivity index (χ2n) is 3.33. The lowest BCUT2D eigenvalue weighted by Crippen LogP contribution is -2.30. The zero-order chi connectivity index (χ0) is 12.8. The standard InChI is InChI=1S/C11H12N2O4/c1-8-7-13(11(16)12-10(8)15)5-3-4-6-17-9(2)14/h7H,5-6H2,1-2H3,(H,12,15,16). The molecule has 0 radical (unpaired) electrons. The molecule has 0 saturated heterocycles. The molecule has 0 aliphatic carbocycles. The third-order valence-corrected chi connectivity index (χ3v) is 1.91. The van der Waals surface area contributed by atoms with Crippen molar-refractivity contribution in [3.63, 3.8) is 0 Å². The summed E-state index contributed by atoms with van der Waals surface area (Å²) in [5.41, 5.74) is -0.479. The first-order valence-corrected chi connectivity index (χ1v) is 4.90. The fraction of sp³-hybridized carbons (Fsp3) is 0.364. The van der Waals surface area contributed by atoms with Crippen LogP contribution in [0.4, 0.5) is 0 Å². The maximum atomic E-state index is 11.3. The number of nitrogens with zero attached hydrogens (tertiary/aromatic N) is 1. The molecular weight excluding hydrogens is 224 g/mol. The van der Waals surface area contributed by atoms with Gasteiger partial charge in [-0.15, -0.1) is 0 Å². The fourth-order valence-corrected chi connectivity index (χ4v) is 1.07. The molecule has 0 aliphatic heterocycles. The molecule has 90 valence electrons. The first-order chi connectivity index (χ1) is 8.00. The minimum absolute atomic E-state index is 0.00752. The number of carbonyl (C=O) groups is 1. The molecule has 1 N–H and O–H groups in total. The number of hydrogen-bond acceptors (Lipinski definition) is 4. The van der Waals surface area contributed by atoms with Gasteiger partial charge < -0.3 is 4.74 Å². The van der Waals surface area contributed by atoms with E-state index in [9.17, 15) is 14.4 Å². The van der Waals surface area contributed by atoms with E-state index in [1.54, 1.807) is 6.92 Å². The summed E-state index contributed by atoms with van der Waals surface area (Å²) in [6.07, 6.45) is 1.43. The lowest BCUT2D eigenvalue weighted by molar-refractivity contribution is -0.139. The Hall–Kier alpha value is -2.29. The summed E-state index contributed by atoms with van der Waals surface area (Å²) < 4.78 is 5.87. The van der Waals surface area contributed by atoms with Crippen LogP contribution in [0.3, 0.4) is 0 Å². The maximum Gasteiger partial charge on any atom is 0.329 e. The average Bonchev–Trinajstić information content (AvgIpc) is 2.24. The van der Waals surface area contributed by atoms with E-state index >= 15 is 0 Å². The smallest absolute Gasteiger partial charge is 0.329 e. The van der Waals surface area contributed by atoms with Crippen molar-refractivity contribution < 1.29 is 9.53 Å². The quantitative estimate of drug-likeness (QED) is 0.549. The van der Waals surface area contributed by atoms with E-state index in [1.165, 1.54) is 17.7 Å². The van der Waals surface area contributed by atoms with Crippen LogP contribution >= 0.6 is 0 Å². The molecule has 0 atom stereocenters. The third kappa shape index (κ3) is 3.99. The van der Waals surface area contributed by atoms with Gasteiger partial charge in [-0.25, -0.2) is 4.79 Å². The summed E-state index contributed by atoms with van der Waals surface area (Å²) in [5, 5.41) is 0. The Morgan fingerprint density at radius 2 is 2.18 bits per heavy atom. The van der Waals surface area contributed by atoms with Gasteiger partial charge >= 0.3 is 11.7 Å². The van der Waals surface area contributed by atoms with Gasteiger partial charge in [-0.2, -0.15) is 0 Å². The normalized spacial score (nSPS) is 9.29. The van der Waals surface area contributed by atoms with E-state index < -0.39 is 17.2 Å². The van der Waals surface area contributed by atoms with Crippen LogP contribution in [0.25, 0.3) is 0 Å². The lowest BCUT2D eigenvalue weighted by atomic mass is 10.4. The van der Waals surface area contributed by atoms with Crippen LogP contribution in [-0.2, 0) is 16.1 Å². The van der Waals surface area contributed by atoms with Gasteiger partial charge in [0.15, 0.2) is 6.61 Å². The number of aromatic nitrogens is 2. The van der Waals surface area contributed by atoms with Crippen molar-refractivity contribution in [2.24, 2.45) is 0 Å². The fourth-order valence-electron chi connectivity index (χ4n) is 1.07. The number of rotatable bonds is 2. The molecule has 1 heterocycles. The number of aromatic amines is 1. The Bertz CT molecular complexity index is 586. The highest BCUT2D eigenvalue weighted by Gasteiger charge is 1.98. The van der Waals surface area contributed by atoms with Crippen molar-refractivity contribution in [2.45, 2.75) is 20.4 Å². The van der Waals surface area contributed by atoms with Crippen LogP contribution in [0.15, 0.2) is 15.8 Å². The van der Waals surface area contributed by atoms with Crippen molar-refractivity contribution in [3.05, 3.63) is 32.6 Å². The van der Waals surface area contributed by atoms with Crippen molar-refractivity contribution in [3.8, 4) is 11.8 Å². The van der Waals surface area contributed by atoms with Crippen LogP contribution in [0.5, 0.6) is 0 Å². The number of ether oxygens (including phenoxy) is 1. The molecule has 0 spiro atoms. The number of esters is 1. The summed E-state index contributed by atoms with van der Waals surface area (Å²) in [6.45, 7) is 3.02. The van der Waals surface area contributed by atoms with Gasteiger partial charge in [0.2, 0.25) is 0 Å². The lowest BCUT2D eigenvalue weighted by Gasteiger charge is -2.00. The van der Waals surface area contributed by atoms with Gasteiger partial charge in [-0.3, -0.25) is 19.1 Å². The highest BCUT2D eigenvalue weighted by atomic mass is 16.5. The topological polar surface area (TPSA) is 81.2 Å². The van der Waals surface area contributed by atoms with E-state index in [0.717, 1.165) is 0 Å². The van der Waals surface area contributed by atoms with Crippen LogP contribution in [0, 0.1) is 18.8 Å². The highest BCUT2D eigenvalue weighted by Crippen LogP contribution is 1.83. The molecule has 1 aromatic rings. The molecule has 0 unspecified atom stereocenters. The number of hydrogen-bond donors (Lipinski definition) is 1. The van der Waals surface area contributed by atoms with E-state index in [2.05, 4.69) is 21.6 Å². The van der Waals surface area contributed by atoms with E-state index in [1.807, 2.05) is 0 Å². The van der Waals surface area contributed by atoms with E-state index in [4.69, 9.17) is 0 Å². The number of nitrogens with one attached hydrogen (secondary N) is 1. The molecular formula is C11H12N2O4. The second kappa shape index (κ2) is 5.70. The minimum Gasteiger partial charge on any atom is -0.453 e. The first kappa shape index (κ1) is 12.8. The van der Waals surface area contributed by atoms with Gasteiger partial charge in [0.1, 0.15) is 0 Å². The van der Waals surface area contributed by atoms with Gasteiger partial charge in [-0.05, 0) is 6.92 Å². The Morgan fingerprint density at radius 1 is 1.47 bits per heavy atom. The Balaban J connectivity index is 2.70. The predicted molar refractivity (Wildman–Crippen MR) is 60.5 cm³/mol. The molecule has 1 rings (SSSR count). The monoisotopic (exact) mass is 236 g/mol. The summed E-state index contributed by atoms with van der Waals surface area (Å²) in [4.78, 5) is 35.0.